The van der Waals surface area contributed by atoms with Gasteiger partial charge in [0.25, 0.3) is 0 Å². The van der Waals surface area contributed by atoms with Crippen LogP contribution < -0.4 is 5.32 Å². The van der Waals surface area contributed by atoms with Gasteiger partial charge in [0.05, 0.1) is 12.2 Å². The van der Waals surface area contributed by atoms with E-state index in [1.165, 1.54) is 6.07 Å². The predicted octanol–water partition coefficient (Wildman–Crippen LogP) is 1.82. The van der Waals surface area contributed by atoms with Crippen molar-refractivity contribution in [3.05, 3.63) is 35.4 Å². The molecule has 19 heavy (non-hydrogen) atoms. The van der Waals surface area contributed by atoms with Gasteiger partial charge in [-0.2, -0.15) is 0 Å². The molecule has 2 N–H and O–H groups in total. The quantitative estimate of drug-likeness (QED) is 0.735. The van der Waals surface area contributed by atoms with E-state index in [9.17, 15) is 9.59 Å². The molecule has 0 fully saturated rings. The zero-order chi connectivity index (χ0) is 14.3. The molecule has 0 spiro atoms. The molecule has 0 aromatic heterocycles. The van der Waals surface area contributed by atoms with Crippen molar-refractivity contribution >= 4 is 11.9 Å². The molecule has 0 aliphatic rings. The highest BCUT2D eigenvalue weighted by Crippen LogP contribution is 2.06. The second-order valence-corrected chi connectivity index (χ2v) is 4.10. The van der Waals surface area contributed by atoms with Gasteiger partial charge in [0, 0.05) is 6.54 Å². The molecule has 1 atom stereocenters. The first kappa shape index (κ1) is 15.2. The van der Waals surface area contributed by atoms with Crippen LogP contribution in [-0.2, 0) is 16.1 Å². The van der Waals surface area contributed by atoms with Gasteiger partial charge < -0.3 is 15.2 Å². The Morgan fingerprint density at radius 2 is 2.11 bits per heavy atom. The van der Waals surface area contributed by atoms with E-state index in [0.29, 0.717) is 19.6 Å². The molecule has 0 aliphatic heterocycles. The van der Waals surface area contributed by atoms with E-state index in [1.807, 2.05) is 13.0 Å². The average Bonchev–Trinajstić information content (AvgIpc) is 2.40. The lowest BCUT2D eigenvalue weighted by Crippen LogP contribution is -2.37. The number of nitrogens with one attached hydrogen (secondary N) is 1. The molecule has 104 valence electrons. The summed E-state index contributed by atoms with van der Waals surface area (Å²) in [7, 11) is 0. The van der Waals surface area contributed by atoms with Crippen LogP contribution in [0.1, 0.15) is 36.2 Å². The molecule has 0 saturated carbocycles. The summed E-state index contributed by atoms with van der Waals surface area (Å²) in [6, 6.07) is 6.26. The number of benzene rings is 1. The zero-order valence-electron chi connectivity index (χ0n) is 11.2. The fourth-order valence-electron chi connectivity index (χ4n) is 1.69. The largest absolute Gasteiger partial charge is 0.478 e. The van der Waals surface area contributed by atoms with Crippen LogP contribution in [0.25, 0.3) is 0 Å². The molecule has 0 unspecified atom stereocenters. The van der Waals surface area contributed by atoms with Crippen molar-refractivity contribution in [2.45, 2.75) is 32.9 Å². The molecule has 0 radical (unpaired) electrons. The minimum Gasteiger partial charge on any atom is -0.478 e. The molecule has 0 aliphatic carbocycles. The molecule has 5 nitrogen and oxygen atoms in total. The first-order chi connectivity index (χ1) is 9.08. The molecule has 0 heterocycles. The number of esters is 1. The number of carbonyl (C=O) groups is 2. The van der Waals surface area contributed by atoms with Crippen molar-refractivity contribution in [3.63, 3.8) is 0 Å². The molecule has 1 aromatic carbocycles. The van der Waals surface area contributed by atoms with E-state index < -0.39 is 5.97 Å². The molecular weight excluding hydrogens is 246 g/mol. The summed E-state index contributed by atoms with van der Waals surface area (Å²) in [6.45, 7) is 4.44. The second kappa shape index (κ2) is 7.53. The van der Waals surface area contributed by atoms with E-state index in [-0.39, 0.29) is 17.6 Å². The van der Waals surface area contributed by atoms with E-state index in [0.717, 1.165) is 5.56 Å². The molecule has 1 aromatic rings. The Morgan fingerprint density at radius 3 is 2.68 bits per heavy atom. The number of rotatable bonds is 7. The third-order valence-electron chi connectivity index (χ3n) is 2.71. The van der Waals surface area contributed by atoms with Crippen LogP contribution in [0, 0.1) is 0 Å². The monoisotopic (exact) mass is 265 g/mol. The Bertz CT molecular complexity index is 445. The maximum atomic E-state index is 11.6. The summed E-state index contributed by atoms with van der Waals surface area (Å²) in [5.74, 6) is -1.24. The molecular formula is C14H19NO4. The SMILES string of the molecule is CCOC(=O)[C@H](CC)NCc1cccc(C(=O)O)c1. The Balaban J connectivity index is 2.62. The summed E-state index contributed by atoms with van der Waals surface area (Å²) >= 11 is 0. The van der Waals surface area contributed by atoms with Gasteiger partial charge >= 0.3 is 11.9 Å². The van der Waals surface area contributed by atoms with E-state index in [4.69, 9.17) is 9.84 Å². The van der Waals surface area contributed by atoms with Crippen LogP contribution in [-0.4, -0.2) is 29.7 Å². The lowest BCUT2D eigenvalue weighted by molar-refractivity contribution is -0.145. The number of hydrogen-bond donors (Lipinski definition) is 2. The lowest BCUT2D eigenvalue weighted by atomic mass is 10.1. The van der Waals surface area contributed by atoms with Crippen LogP contribution >= 0.6 is 0 Å². The normalized spacial score (nSPS) is 11.9. The summed E-state index contributed by atoms with van der Waals surface area (Å²) in [6.07, 6.45) is 0.622. The average molecular weight is 265 g/mol. The van der Waals surface area contributed by atoms with Gasteiger partial charge in [0.1, 0.15) is 6.04 Å². The first-order valence-corrected chi connectivity index (χ1v) is 6.30. The summed E-state index contributed by atoms with van der Waals surface area (Å²) in [5.41, 5.74) is 1.06. The maximum absolute atomic E-state index is 11.6. The van der Waals surface area contributed by atoms with Gasteiger partial charge in [-0.05, 0) is 31.0 Å². The third kappa shape index (κ3) is 4.71. The highest BCUT2D eigenvalue weighted by atomic mass is 16.5. The van der Waals surface area contributed by atoms with E-state index >= 15 is 0 Å². The van der Waals surface area contributed by atoms with Crippen LogP contribution in [0.5, 0.6) is 0 Å². The number of aromatic carboxylic acids is 1. The number of carboxylic acid groups (broad SMARTS) is 1. The minimum absolute atomic E-state index is 0.239. The Labute approximate surface area is 112 Å². The van der Waals surface area contributed by atoms with Crippen molar-refractivity contribution in [3.8, 4) is 0 Å². The highest BCUT2D eigenvalue weighted by molar-refractivity contribution is 5.87. The fraction of sp³-hybridized carbons (Fsp3) is 0.429. The molecule has 1 rings (SSSR count). The van der Waals surface area contributed by atoms with Crippen LogP contribution in [0.4, 0.5) is 0 Å². The van der Waals surface area contributed by atoms with E-state index in [2.05, 4.69) is 5.32 Å². The van der Waals surface area contributed by atoms with Gasteiger partial charge in [-0.15, -0.1) is 0 Å². The molecule has 5 heteroatoms. The lowest BCUT2D eigenvalue weighted by Gasteiger charge is -2.15. The third-order valence-corrected chi connectivity index (χ3v) is 2.71. The highest BCUT2D eigenvalue weighted by Gasteiger charge is 2.16. The Kier molecular flexibility index (Phi) is 6.02. The standard InChI is InChI=1S/C14H19NO4/c1-3-12(14(18)19-4-2)15-9-10-6-5-7-11(8-10)13(16)17/h5-8,12,15H,3-4,9H2,1-2H3,(H,16,17)/t12-/m0/s1. The smallest absolute Gasteiger partial charge is 0.335 e. The number of carboxylic acids is 1. The topological polar surface area (TPSA) is 75.6 Å². The number of hydrogen-bond acceptors (Lipinski definition) is 4. The van der Waals surface area contributed by atoms with Crippen LogP contribution in [0.15, 0.2) is 24.3 Å². The van der Waals surface area contributed by atoms with Gasteiger partial charge in [-0.1, -0.05) is 19.1 Å². The predicted molar refractivity (Wildman–Crippen MR) is 71.0 cm³/mol. The maximum Gasteiger partial charge on any atom is 0.335 e. The summed E-state index contributed by atoms with van der Waals surface area (Å²) < 4.78 is 4.95. The zero-order valence-corrected chi connectivity index (χ0v) is 11.2. The Hall–Kier alpha value is -1.88. The summed E-state index contributed by atoms with van der Waals surface area (Å²) in [4.78, 5) is 22.4. The van der Waals surface area contributed by atoms with Crippen molar-refractivity contribution in [2.75, 3.05) is 6.61 Å². The Morgan fingerprint density at radius 1 is 1.37 bits per heavy atom. The summed E-state index contributed by atoms with van der Waals surface area (Å²) in [5, 5.41) is 12.0. The molecule has 0 saturated heterocycles. The van der Waals surface area contributed by atoms with Gasteiger partial charge in [0.15, 0.2) is 0 Å². The van der Waals surface area contributed by atoms with Crippen molar-refractivity contribution in [2.24, 2.45) is 0 Å². The fourth-order valence-corrected chi connectivity index (χ4v) is 1.69. The minimum atomic E-state index is -0.959. The van der Waals surface area contributed by atoms with Crippen LogP contribution in [0.2, 0.25) is 0 Å². The van der Waals surface area contributed by atoms with Gasteiger partial charge in [-0.25, -0.2) is 4.79 Å². The first-order valence-electron chi connectivity index (χ1n) is 6.30. The van der Waals surface area contributed by atoms with Crippen molar-refractivity contribution < 1.29 is 19.4 Å². The second-order valence-electron chi connectivity index (χ2n) is 4.10. The molecule has 0 amide bonds. The van der Waals surface area contributed by atoms with Gasteiger partial charge in [-0.3, -0.25) is 4.79 Å². The van der Waals surface area contributed by atoms with Gasteiger partial charge in [0.2, 0.25) is 0 Å². The number of carbonyl (C=O) groups excluding carboxylic acids is 1. The molecule has 0 bridgehead atoms. The van der Waals surface area contributed by atoms with Crippen LogP contribution in [0.3, 0.4) is 0 Å². The van der Waals surface area contributed by atoms with Crippen molar-refractivity contribution in [1.82, 2.24) is 5.32 Å². The van der Waals surface area contributed by atoms with E-state index in [1.54, 1.807) is 19.1 Å². The number of ether oxygens (including phenoxy) is 1. The van der Waals surface area contributed by atoms with Crippen molar-refractivity contribution in [1.29, 1.82) is 0 Å².